The average molecular weight is 341 g/mol. The zero-order valence-corrected chi connectivity index (χ0v) is 16.7. The van der Waals surface area contributed by atoms with E-state index in [2.05, 4.69) is 27.7 Å². The quantitative estimate of drug-likeness (QED) is 0.433. The van der Waals surface area contributed by atoms with Gasteiger partial charge in [0.25, 0.3) is 0 Å². The molecule has 1 rings (SSSR count). The highest BCUT2D eigenvalue weighted by Crippen LogP contribution is 2.46. The molecule has 1 saturated carbocycles. The first-order valence-electron chi connectivity index (χ1n) is 10.3. The van der Waals surface area contributed by atoms with Gasteiger partial charge in [0.15, 0.2) is 0 Å². The van der Waals surface area contributed by atoms with E-state index in [1.165, 1.54) is 25.7 Å². The number of ether oxygens (including phenoxy) is 2. The molecule has 0 aliphatic heterocycles. The lowest BCUT2D eigenvalue weighted by Gasteiger charge is -2.40. The van der Waals surface area contributed by atoms with Crippen LogP contribution in [-0.2, 0) is 14.3 Å². The average Bonchev–Trinajstić information content (AvgIpc) is 3.10. The summed E-state index contributed by atoms with van der Waals surface area (Å²) < 4.78 is 11.7. The fourth-order valence-electron chi connectivity index (χ4n) is 4.16. The van der Waals surface area contributed by atoms with Crippen LogP contribution in [0.1, 0.15) is 86.0 Å². The van der Waals surface area contributed by atoms with Gasteiger partial charge in [0.2, 0.25) is 0 Å². The van der Waals surface area contributed by atoms with Crippen LogP contribution in [0.4, 0.5) is 0 Å². The summed E-state index contributed by atoms with van der Waals surface area (Å²) in [5.74, 6) is 1.14. The van der Waals surface area contributed by atoms with Crippen LogP contribution in [0.5, 0.6) is 0 Å². The third-order valence-corrected chi connectivity index (χ3v) is 6.03. The molecule has 0 N–H and O–H groups in total. The van der Waals surface area contributed by atoms with Crippen LogP contribution in [0, 0.1) is 23.2 Å². The molecule has 0 saturated heterocycles. The van der Waals surface area contributed by atoms with Crippen LogP contribution < -0.4 is 0 Å². The Morgan fingerprint density at radius 3 is 2.33 bits per heavy atom. The molecule has 0 aromatic heterocycles. The number of hydrogen-bond donors (Lipinski definition) is 0. The van der Waals surface area contributed by atoms with Gasteiger partial charge < -0.3 is 9.47 Å². The summed E-state index contributed by atoms with van der Waals surface area (Å²) >= 11 is 0. The van der Waals surface area contributed by atoms with Crippen molar-refractivity contribution in [2.75, 3.05) is 19.8 Å². The van der Waals surface area contributed by atoms with Crippen molar-refractivity contribution in [1.82, 2.24) is 0 Å². The Bertz CT molecular complexity index is 347. The zero-order valence-electron chi connectivity index (χ0n) is 16.7. The van der Waals surface area contributed by atoms with E-state index in [0.29, 0.717) is 31.7 Å². The van der Waals surface area contributed by atoms with Crippen molar-refractivity contribution >= 4 is 5.97 Å². The van der Waals surface area contributed by atoms with Crippen molar-refractivity contribution in [3.8, 4) is 0 Å². The summed E-state index contributed by atoms with van der Waals surface area (Å²) in [5.41, 5.74) is -0.463. The maximum Gasteiger partial charge on any atom is 0.314 e. The minimum atomic E-state index is -0.463. The van der Waals surface area contributed by atoms with Crippen molar-refractivity contribution in [2.45, 2.75) is 86.0 Å². The normalized spacial score (nSPS) is 19.4. The van der Waals surface area contributed by atoms with Crippen LogP contribution >= 0.6 is 0 Å². The molecule has 0 bridgehead atoms. The van der Waals surface area contributed by atoms with E-state index in [1.807, 2.05) is 6.92 Å². The lowest BCUT2D eigenvalue weighted by atomic mass is 9.67. The number of esters is 1. The van der Waals surface area contributed by atoms with Crippen molar-refractivity contribution in [2.24, 2.45) is 23.2 Å². The van der Waals surface area contributed by atoms with E-state index in [0.717, 1.165) is 25.7 Å². The van der Waals surface area contributed by atoms with Gasteiger partial charge in [0, 0.05) is 6.61 Å². The SMILES string of the molecule is CCCCC(CC)COC(=O)C(COCC)(C(C)C)C1CCCC1. The summed E-state index contributed by atoms with van der Waals surface area (Å²) in [4.78, 5) is 13.2. The lowest BCUT2D eigenvalue weighted by Crippen LogP contribution is -2.47. The molecule has 0 spiro atoms. The Morgan fingerprint density at radius 1 is 1.17 bits per heavy atom. The molecule has 0 aromatic carbocycles. The third-order valence-electron chi connectivity index (χ3n) is 6.03. The first-order valence-corrected chi connectivity index (χ1v) is 10.3. The number of rotatable bonds is 12. The van der Waals surface area contributed by atoms with E-state index in [4.69, 9.17) is 9.47 Å². The summed E-state index contributed by atoms with van der Waals surface area (Å²) in [7, 11) is 0. The van der Waals surface area contributed by atoms with Crippen LogP contribution in [0.2, 0.25) is 0 Å². The van der Waals surface area contributed by atoms with Crippen molar-refractivity contribution in [3.05, 3.63) is 0 Å². The Morgan fingerprint density at radius 2 is 1.83 bits per heavy atom. The molecule has 0 aromatic rings. The second kappa shape index (κ2) is 11.1. The maximum absolute atomic E-state index is 13.2. The molecule has 3 heteroatoms. The molecule has 1 aliphatic rings. The molecule has 3 nitrogen and oxygen atoms in total. The van der Waals surface area contributed by atoms with Gasteiger partial charge in [0.05, 0.1) is 18.6 Å². The van der Waals surface area contributed by atoms with E-state index in [1.54, 1.807) is 0 Å². The highest BCUT2D eigenvalue weighted by atomic mass is 16.5. The van der Waals surface area contributed by atoms with Gasteiger partial charge in [-0.2, -0.15) is 0 Å². The second-order valence-electron chi connectivity index (χ2n) is 7.83. The number of unbranched alkanes of at least 4 members (excludes halogenated alkanes) is 1. The molecule has 1 aliphatic carbocycles. The van der Waals surface area contributed by atoms with Gasteiger partial charge in [-0.05, 0) is 43.9 Å². The monoisotopic (exact) mass is 340 g/mol. The van der Waals surface area contributed by atoms with Gasteiger partial charge in [-0.1, -0.05) is 59.8 Å². The molecule has 0 amide bonds. The fraction of sp³-hybridized carbons (Fsp3) is 0.952. The zero-order chi connectivity index (χ0) is 18.0. The van der Waals surface area contributed by atoms with Crippen molar-refractivity contribution in [3.63, 3.8) is 0 Å². The standard InChI is InChI=1S/C21H40O3/c1-6-9-12-18(7-2)15-24-20(22)21(17(4)5,16-23-8-3)19-13-10-11-14-19/h17-19H,6-16H2,1-5H3. The number of hydrogen-bond acceptors (Lipinski definition) is 3. The van der Waals surface area contributed by atoms with Gasteiger partial charge in [-0.3, -0.25) is 4.79 Å². The molecule has 142 valence electrons. The predicted octanol–water partition coefficient (Wildman–Crippen LogP) is 5.62. The minimum Gasteiger partial charge on any atom is -0.465 e. The summed E-state index contributed by atoms with van der Waals surface area (Å²) in [6.45, 7) is 12.5. The summed E-state index contributed by atoms with van der Waals surface area (Å²) in [6, 6.07) is 0. The highest BCUT2D eigenvalue weighted by molar-refractivity contribution is 5.78. The number of carbonyl (C=O) groups is 1. The van der Waals surface area contributed by atoms with Gasteiger partial charge in [-0.15, -0.1) is 0 Å². The first-order chi connectivity index (χ1) is 11.5. The van der Waals surface area contributed by atoms with Crippen LogP contribution in [0.15, 0.2) is 0 Å². The van der Waals surface area contributed by atoms with E-state index in [-0.39, 0.29) is 11.9 Å². The molecule has 2 atom stereocenters. The Balaban J connectivity index is 2.81. The van der Waals surface area contributed by atoms with Crippen LogP contribution in [-0.4, -0.2) is 25.8 Å². The topological polar surface area (TPSA) is 35.5 Å². The molecule has 0 heterocycles. The summed E-state index contributed by atoms with van der Waals surface area (Å²) in [5, 5.41) is 0. The Labute approximate surface area is 149 Å². The maximum atomic E-state index is 13.2. The summed E-state index contributed by atoms with van der Waals surface area (Å²) in [6.07, 6.45) is 9.38. The predicted molar refractivity (Wildman–Crippen MR) is 100.0 cm³/mol. The van der Waals surface area contributed by atoms with Crippen LogP contribution in [0.3, 0.4) is 0 Å². The Hall–Kier alpha value is -0.570. The Kier molecular flexibility index (Phi) is 9.95. The number of carbonyl (C=O) groups excluding carboxylic acids is 1. The molecule has 0 radical (unpaired) electrons. The lowest BCUT2D eigenvalue weighted by molar-refractivity contribution is -0.171. The third kappa shape index (κ3) is 5.47. The highest BCUT2D eigenvalue weighted by Gasteiger charge is 2.50. The van der Waals surface area contributed by atoms with E-state index < -0.39 is 5.41 Å². The van der Waals surface area contributed by atoms with Crippen molar-refractivity contribution in [1.29, 1.82) is 0 Å². The van der Waals surface area contributed by atoms with Crippen molar-refractivity contribution < 1.29 is 14.3 Å². The molecule has 1 fully saturated rings. The molecule has 24 heavy (non-hydrogen) atoms. The minimum absolute atomic E-state index is 0.00667. The molecular formula is C21H40O3. The largest absolute Gasteiger partial charge is 0.465 e. The molecular weight excluding hydrogens is 300 g/mol. The van der Waals surface area contributed by atoms with Gasteiger partial charge in [0.1, 0.15) is 0 Å². The van der Waals surface area contributed by atoms with Gasteiger partial charge in [-0.25, -0.2) is 0 Å². The van der Waals surface area contributed by atoms with E-state index >= 15 is 0 Å². The first kappa shape index (κ1) is 21.5. The van der Waals surface area contributed by atoms with Gasteiger partial charge >= 0.3 is 5.97 Å². The molecule has 2 unspecified atom stereocenters. The fourth-order valence-corrected chi connectivity index (χ4v) is 4.16. The van der Waals surface area contributed by atoms with E-state index in [9.17, 15) is 4.79 Å². The second-order valence-corrected chi connectivity index (χ2v) is 7.83. The smallest absolute Gasteiger partial charge is 0.314 e. The van der Waals surface area contributed by atoms with Crippen LogP contribution in [0.25, 0.3) is 0 Å².